The molecular weight excluding hydrogens is 304 g/mol. The molecule has 2 aliphatic rings. The van der Waals surface area contributed by atoms with Gasteiger partial charge in [0.15, 0.2) is 17.3 Å². The summed E-state index contributed by atoms with van der Waals surface area (Å²) in [6, 6.07) is 1.12. The molecule has 0 heterocycles. The van der Waals surface area contributed by atoms with Gasteiger partial charge in [-0.2, -0.15) is 0 Å². The van der Waals surface area contributed by atoms with Crippen LogP contribution in [0.3, 0.4) is 0 Å². The van der Waals surface area contributed by atoms with Crippen molar-refractivity contribution in [3.63, 3.8) is 0 Å². The van der Waals surface area contributed by atoms with E-state index in [2.05, 4.69) is 0 Å². The summed E-state index contributed by atoms with van der Waals surface area (Å²) in [5.41, 5.74) is -1.66. The average molecular weight is 324 g/mol. The number of benzene rings is 1. The van der Waals surface area contributed by atoms with Crippen LogP contribution in [0.4, 0.5) is 0 Å². The Morgan fingerprint density at radius 2 is 1.96 bits per heavy atom. The van der Waals surface area contributed by atoms with Crippen LogP contribution in [0.2, 0.25) is 0 Å². The molecule has 23 heavy (non-hydrogen) atoms. The number of carbonyl (C=O) groups excluding carboxylic acids is 1. The van der Waals surface area contributed by atoms with Crippen molar-refractivity contribution in [3.8, 4) is 17.2 Å². The van der Waals surface area contributed by atoms with Crippen molar-refractivity contribution in [2.75, 3.05) is 7.11 Å². The number of rotatable bonds is 1. The van der Waals surface area contributed by atoms with E-state index in [1.807, 2.05) is 0 Å². The highest BCUT2D eigenvalue weighted by molar-refractivity contribution is 6.04. The van der Waals surface area contributed by atoms with Gasteiger partial charge in [-0.1, -0.05) is 0 Å². The molecule has 0 spiro atoms. The standard InChI is InChI=1S/C16H20O7/c1-16(22)5-7-6(3-10(16)18)13(19)11-8(17)4-9(23-2)15(21)12(11)14(7)20/h4,6-7,10,14,17-18,20-22H,3,5H2,1-2H3/t6-,7-,10+,14-,16-/m0/s1. The summed E-state index contributed by atoms with van der Waals surface area (Å²) >= 11 is 0. The number of carbonyl (C=O) groups is 1. The van der Waals surface area contributed by atoms with Crippen LogP contribution < -0.4 is 4.74 Å². The van der Waals surface area contributed by atoms with Crippen LogP contribution in [0, 0.1) is 11.8 Å². The van der Waals surface area contributed by atoms with Crippen LogP contribution in [0.1, 0.15) is 41.8 Å². The first-order valence-corrected chi connectivity index (χ1v) is 7.44. The summed E-state index contributed by atoms with van der Waals surface area (Å²) < 4.78 is 4.95. The predicted molar refractivity (Wildman–Crippen MR) is 78.5 cm³/mol. The Bertz CT molecular complexity index is 667. The maximum Gasteiger partial charge on any atom is 0.170 e. The van der Waals surface area contributed by atoms with Crippen molar-refractivity contribution in [2.45, 2.75) is 37.6 Å². The number of Topliss-reactive ketones (excluding diaryl/α,β-unsaturated/α-hetero) is 1. The minimum absolute atomic E-state index is 0.00257. The fraction of sp³-hybridized carbons (Fsp3) is 0.562. The minimum atomic E-state index is -1.43. The number of phenols is 2. The Labute approximate surface area is 132 Å². The van der Waals surface area contributed by atoms with Gasteiger partial charge in [-0.05, 0) is 19.8 Å². The Balaban J connectivity index is 2.17. The molecule has 0 aromatic heterocycles. The molecule has 1 saturated carbocycles. The molecule has 0 radical (unpaired) electrons. The van der Waals surface area contributed by atoms with Gasteiger partial charge in [0.05, 0.1) is 30.5 Å². The fourth-order valence-corrected chi connectivity index (χ4v) is 3.81. The lowest BCUT2D eigenvalue weighted by Gasteiger charge is -2.46. The molecule has 0 bridgehead atoms. The van der Waals surface area contributed by atoms with Crippen molar-refractivity contribution in [2.24, 2.45) is 11.8 Å². The fourth-order valence-electron chi connectivity index (χ4n) is 3.81. The van der Waals surface area contributed by atoms with Gasteiger partial charge in [-0.15, -0.1) is 0 Å². The molecule has 126 valence electrons. The highest BCUT2D eigenvalue weighted by Crippen LogP contribution is 2.54. The van der Waals surface area contributed by atoms with Gasteiger partial charge in [-0.25, -0.2) is 0 Å². The minimum Gasteiger partial charge on any atom is -0.507 e. The number of ketones is 1. The van der Waals surface area contributed by atoms with Gasteiger partial charge in [0.1, 0.15) is 5.75 Å². The van der Waals surface area contributed by atoms with E-state index in [1.165, 1.54) is 14.0 Å². The third kappa shape index (κ3) is 2.19. The lowest BCUT2D eigenvalue weighted by atomic mass is 9.62. The molecule has 7 nitrogen and oxygen atoms in total. The van der Waals surface area contributed by atoms with Gasteiger partial charge < -0.3 is 30.3 Å². The van der Waals surface area contributed by atoms with Gasteiger partial charge in [-0.3, -0.25) is 4.79 Å². The molecule has 2 aliphatic carbocycles. The number of hydrogen-bond donors (Lipinski definition) is 5. The summed E-state index contributed by atoms with van der Waals surface area (Å²) in [5, 5.41) is 51.3. The second kappa shape index (κ2) is 5.09. The number of hydrogen-bond acceptors (Lipinski definition) is 7. The summed E-state index contributed by atoms with van der Waals surface area (Å²) in [5.74, 6) is -2.68. The van der Waals surface area contributed by atoms with E-state index >= 15 is 0 Å². The molecule has 1 aromatic rings. The van der Waals surface area contributed by atoms with Gasteiger partial charge in [0, 0.05) is 23.5 Å². The van der Waals surface area contributed by atoms with E-state index in [0.717, 1.165) is 6.07 Å². The topological polar surface area (TPSA) is 127 Å². The molecule has 0 aliphatic heterocycles. The second-order valence-corrected chi connectivity index (χ2v) is 6.63. The van der Waals surface area contributed by atoms with Crippen molar-refractivity contribution in [1.82, 2.24) is 0 Å². The maximum absolute atomic E-state index is 12.7. The molecular formula is C16H20O7. The number of aliphatic hydroxyl groups excluding tert-OH is 2. The zero-order valence-corrected chi connectivity index (χ0v) is 12.9. The first-order chi connectivity index (χ1) is 10.7. The average Bonchev–Trinajstić information content (AvgIpc) is 2.48. The number of fused-ring (bicyclic) bond motifs is 2. The van der Waals surface area contributed by atoms with Crippen molar-refractivity contribution in [3.05, 3.63) is 17.2 Å². The predicted octanol–water partition coefficient (Wildman–Crippen LogP) is 0.474. The van der Waals surface area contributed by atoms with E-state index in [1.54, 1.807) is 0 Å². The van der Waals surface area contributed by atoms with Crippen LogP contribution in [0.25, 0.3) is 0 Å². The first kappa shape index (κ1) is 16.0. The van der Waals surface area contributed by atoms with Crippen molar-refractivity contribution >= 4 is 5.78 Å². The third-order valence-electron chi connectivity index (χ3n) is 5.15. The van der Waals surface area contributed by atoms with Crippen molar-refractivity contribution < 1.29 is 35.1 Å². The number of aromatic hydroxyl groups is 2. The molecule has 1 aromatic carbocycles. The second-order valence-electron chi connectivity index (χ2n) is 6.63. The molecule has 0 amide bonds. The SMILES string of the molecule is COc1cc(O)c2c(c1O)[C@@H](O)[C@H]1C[C@](C)(O)[C@H](O)C[C@@H]1C2=O. The number of methoxy groups -OCH3 is 1. The van der Waals surface area contributed by atoms with Crippen LogP contribution in [-0.4, -0.2) is 50.1 Å². The summed E-state index contributed by atoms with van der Waals surface area (Å²) in [4.78, 5) is 12.7. The normalized spacial score (nSPS) is 36.3. The van der Waals surface area contributed by atoms with E-state index in [4.69, 9.17) is 4.74 Å². The van der Waals surface area contributed by atoms with Crippen LogP contribution in [0.5, 0.6) is 17.2 Å². The van der Waals surface area contributed by atoms with E-state index < -0.39 is 41.2 Å². The van der Waals surface area contributed by atoms with Crippen LogP contribution in [-0.2, 0) is 0 Å². The van der Waals surface area contributed by atoms with E-state index in [0.29, 0.717) is 0 Å². The molecule has 5 N–H and O–H groups in total. The molecule has 0 unspecified atom stereocenters. The first-order valence-electron chi connectivity index (χ1n) is 7.44. The smallest absolute Gasteiger partial charge is 0.170 e. The Hall–Kier alpha value is -1.83. The molecule has 1 fully saturated rings. The van der Waals surface area contributed by atoms with Crippen LogP contribution >= 0.6 is 0 Å². The van der Waals surface area contributed by atoms with Gasteiger partial charge in [0.2, 0.25) is 0 Å². The monoisotopic (exact) mass is 324 g/mol. The number of aliphatic hydroxyl groups is 3. The Morgan fingerprint density at radius 3 is 2.57 bits per heavy atom. The van der Waals surface area contributed by atoms with Gasteiger partial charge >= 0.3 is 0 Å². The highest BCUT2D eigenvalue weighted by Gasteiger charge is 2.53. The largest absolute Gasteiger partial charge is 0.507 e. The zero-order chi connectivity index (χ0) is 17.1. The molecule has 7 heteroatoms. The lowest BCUT2D eigenvalue weighted by Crippen LogP contribution is -2.52. The Morgan fingerprint density at radius 1 is 1.30 bits per heavy atom. The maximum atomic E-state index is 12.7. The summed E-state index contributed by atoms with van der Waals surface area (Å²) in [6.07, 6.45) is -2.37. The molecule has 5 atom stereocenters. The molecule has 0 saturated heterocycles. The van der Waals surface area contributed by atoms with Gasteiger partial charge in [0.25, 0.3) is 0 Å². The Kier molecular flexibility index (Phi) is 3.55. The summed E-state index contributed by atoms with van der Waals surface area (Å²) in [6.45, 7) is 1.45. The molecule has 3 rings (SSSR count). The zero-order valence-electron chi connectivity index (χ0n) is 12.9. The highest BCUT2D eigenvalue weighted by atomic mass is 16.5. The third-order valence-corrected chi connectivity index (χ3v) is 5.15. The number of phenolic OH excluding ortho intramolecular Hbond substituents is 2. The number of ether oxygens (including phenoxy) is 1. The summed E-state index contributed by atoms with van der Waals surface area (Å²) in [7, 11) is 1.29. The van der Waals surface area contributed by atoms with E-state index in [-0.39, 0.29) is 35.5 Å². The van der Waals surface area contributed by atoms with Crippen molar-refractivity contribution in [1.29, 1.82) is 0 Å². The lowest BCUT2D eigenvalue weighted by molar-refractivity contribution is -0.131. The quantitative estimate of drug-likeness (QED) is 0.475. The van der Waals surface area contributed by atoms with E-state index in [9.17, 15) is 30.3 Å². The van der Waals surface area contributed by atoms with Crippen LogP contribution in [0.15, 0.2) is 6.07 Å².